The van der Waals surface area contributed by atoms with E-state index in [2.05, 4.69) is 4.98 Å². The summed E-state index contributed by atoms with van der Waals surface area (Å²) in [5.74, 6) is 0.426. The highest BCUT2D eigenvalue weighted by atomic mass is 19.1. The van der Waals surface area contributed by atoms with Gasteiger partial charge in [0.05, 0.1) is 37.4 Å². The predicted octanol–water partition coefficient (Wildman–Crippen LogP) is 4.68. The number of methoxy groups -OCH3 is 1. The SMILES string of the molecule is COc1cc(C=C2OC(C)CN([C@@H](C)c3ccc(F)cc3)C2=O)ccc1-n1cnc(C)c1. The van der Waals surface area contributed by atoms with Crippen LogP contribution >= 0.6 is 0 Å². The zero-order chi connectivity index (χ0) is 22.8. The minimum atomic E-state index is -0.300. The van der Waals surface area contributed by atoms with Crippen LogP contribution in [-0.4, -0.2) is 40.1 Å². The molecule has 1 aliphatic heterocycles. The monoisotopic (exact) mass is 435 g/mol. The van der Waals surface area contributed by atoms with Crippen LogP contribution in [0.5, 0.6) is 5.75 Å². The maximum atomic E-state index is 13.3. The molecule has 0 saturated carbocycles. The number of hydrogen-bond acceptors (Lipinski definition) is 4. The van der Waals surface area contributed by atoms with Crippen LogP contribution in [0.2, 0.25) is 0 Å². The van der Waals surface area contributed by atoms with Crippen molar-refractivity contribution in [2.45, 2.75) is 32.9 Å². The molecule has 0 bridgehead atoms. The Balaban J connectivity index is 1.62. The van der Waals surface area contributed by atoms with Crippen molar-refractivity contribution in [1.82, 2.24) is 14.5 Å². The summed E-state index contributed by atoms with van der Waals surface area (Å²) in [5.41, 5.74) is 3.42. The Morgan fingerprint density at radius 2 is 2.00 bits per heavy atom. The molecular weight excluding hydrogens is 409 g/mol. The van der Waals surface area contributed by atoms with Crippen molar-refractivity contribution in [2.24, 2.45) is 0 Å². The van der Waals surface area contributed by atoms with Gasteiger partial charge in [-0.1, -0.05) is 18.2 Å². The fraction of sp³-hybridized carbons (Fsp3) is 0.280. The van der Waals surface area contributed by atoms with Crippen LogP contribution in [-0.2, 0) is 9.53 Å². The van der Waals surface area contributed by atoms with Crippen molar-refractivity contribution < 1.29 is 18.7 Å². The molecule has 0 aliphatic carbocycles. The van der Waals surface area contributed by atoms with Gasteiger partial charge in [0, 0.05) is 6.20 Å². The van der Waals surface area contributed by atoms with Gasteiger partial charge in [0.2, 0.25) is 0 Å². The number of benzene rings is 2. The van der Waals surface area contributed by atoms with Crippen LogP contribution < -0.4 is 4.74 Å². The van der Waals surface area contributed by atoms with Crippen LogP contribution in [0, 0.1) is 12.7 Å². The van der Waals surface area contributed by atoms with E-state index in [1.165, 1.54) is 12.1 Å². The van der Waals surface area contributed by atoms with Gasteiger partial charge in [0.25, 0.3) is 5.91 Å². The van der Waals surface area contributed by atoms with Crippen LogP contribution in [0.4, 0.5) is 4.39 Å². The van der Waals surface area contributed by atoms with Crippen LogP contribution in [0.3, 0.4) is 0 Å². The summed E-state index contributed by atoms with van der Waals surface area (Å²) in [4.78, 5) is 19.2. The Morgan fingerprint density at radius 1 is 1.25 bits per heavy atom. The fourth-order valence-corrected chi connectivity index (χ4v) is 3.86. The smallest absolute Gasteiger partial charge is 0.289 e. The third-order valence-corrected chi connectivity index (χ3v) is 5.56. The number of aryl methyl sites for hydroxylation is 1. The van der Waals surface area contributed by atoms with Crippen LogP contribution in [0.1, 0.15) is 36.7 Å². The minimum absolute atomic E-state index is 0.169. The van der Waals surface area contributed by atoms with E-state index >= 15 is 0 Å². The van der Waals surface area contributed by atoms with Crippen molar-refractivity contribution in [3.05, 3.63) is 83.4 Å². The van der Waals surface area contributed by atoms with Gasteiger partial charge in [-0.15, -0.1) is 0 Å². The van der Waals surface area contributed by atoms with E-state index in [1.807, 2.05) is 49.7 Å². The topological polar surface area (TPSA) is 56.6 Å². The summed E-state index contributed by atoms with van der Waals surface area (Å²) < 4.78 is 26.7. The Morgan fingerprint density at radius 3 is 2.66 bits per heavy atom. The molecule has 32 heavy (non-hydrogen) atoms. The number of rotatable bonds is 5. The number of aromatic nitrogens is 2. The number of carbonyl (C=O) groups excluding carboxylic acids is 1. The Hall–Kier alpha value is -3.61. The first-order valence-corrected chi connectivity index (χ1v) is 10.5. The molecule has 0 N–H and O–H groups in total. The molecule has 2 atom stereocenters. The summed E-state index contributed by atoms with van der Waals surface area (Å²) in [5, 5.41) is 0. The highest BCUT2D eigenvalue weighted by molar-refractivity contribution is 5.96. The summed E-state index contributed by atoms with van der Waals surface area (Å²) in [6.07, 6.45) is 5.21. The van der Waals surface area contributed by atoms with Gasteiger partial charge >= 0.3 is 0 Å². The second-order valence-corrected chi connectivity index (χ2v) is 7.98. The molecule has 1 aliphatic rings. The first-order valence-electron chi connectivity index (χ1n) is 10.5. The molecule has 1 fully saturated rings. The van der Waals surface area contributed by atoms with Gasteiger partial charge in [0.1, 0.15) is 17.7 Å². The quantitative estimate of drug-likeness (QED) is 0.546. The average Bonchev–Trinajstić information content (AvgIpc) is 3.22. The molecule has 3 aromatic rings. The Labute approximate surface area is 186 Å². The average molecular weight is 435 g/mol. The van der Waals surface area contributed by atoms with Gasteiger partial charge < -0.3 is 18.9 Å². The fourth-order valence-electron chi connectivity index (χ4n) is 3.86. The first-order chi connectivity index (χ1) is 15.4. The summed E-state index contributed by atoms with van der Waals surface area (Å²) >= 11 is 0. The highest BCUT2D eigenvalue weighted by Gasteiger charge is 2.32. The number of imidazole rings is 1. The number of amides is 1. The number of ether oxygens (including phenoxy) is 2. The molecule has 6 nitrogen and oxygen atoms in total. The maximum absolute atomic E-state index is 13.3. The summed E-state index contributed by atoms with van der Waals surface area (Å²) in [7, 11) is 1.61. The molecule has 7 heteroatoms. The molecule has 1 aromatic heterocycles. The molecular formula is C25H26FN3O3. The third-order valence-electron chi connectivity index (χ3n) is 5.56. The first kappa shape index (κ1) is 21.6. The number of carbonyl (C=O) groups is 1. The number of nitrogens with zero attached hydrogens (tertiary/aromatic N) is 3. The number of morpholine rings is 1. The van der Waals surface area contributed by atoms with E-state index in [1.54, 1.807) is 36.5 Å². The van der Waals surface area contributed by atoms with E-state index < -0.39 is 0 Å². The molecule has 0 radical (unpaired) electrons. The van der Waals surface area contributed by atoms with Crippen LogP contribution in [0.25, 0.3) is 11.8 Å². The van der Waals surface area contributed by atoms with E-state index in [4.69, 9.17) is 9.47 Å². The third kappa shape index (κ3) is 4.37. The van der Waals surface area contributed by atoms with Crippen molar-refractivity contribution in [3.8, 4) is 11.4 Å². The van der Waals surface area contributed by atoms with Crippen molar-refractivity contribution >= 4 is 12.0 Å². The van der Waals surface area contributed by atoms with Gasteiger partial charge in [-0.05, 0) is 62.2 Å². The van der Waals surface area contributed by atoms with Gasteiger partial charge in [-0.25, -0.2) is 9.37 Å². The second-order valence-electron chi connectivity index (χ2n) is 7.98. The highest BCUT2D eigenvalue weighted by Crippen LogP contribution is 2.30. The molecule has 1 amide bonds. The molecule has 1 unspecified atom stereocenters. The lowest BCUT2D eigenvalue weighted by molar-refractivity contribution is -0.141. The van der Waals surface area contributed by atoms with Crippen molar-refractivity contribution in [1.29, 1.82) is 0 Å². The zero-order valence-corrected chi connectivity index (χ0v) is 18.6. The largest absolute Gasteiger partial charge is 0.495 e. The second kappa shape index (κ2) is 8.86. The Kier molecular flexibility index (Phi) is 5.99. The molecule has 4 rings (SSSR count). The maximum Gasteiger partial charge on any atom is 0.289 e. The summed E-state index contributed by atoms with van der Waals surface area (Å²) in [6, 6.07) is 11.7. The lowest BCUT2D eigenvalue weighted by Crippen LogP contribution is -2.45. The zero-order valence-electron chi connectivity index (χ0n) is 18.6. The van der Waals surface area contributed by atoms with Crippen LogP contribution in [0.15, 0.2) is 60.7 Å². The molecule has 2 heterocycles. The normalized spacial score (nSPS) is 18.5. The summed E-state index contributed by atoms with van der Waals surface area (Å²) in [6.45, 7) is 6.24. The predicted molar refractivity (Wildman–Crippen MR) is 120 cm³/mol. The molecule has 166 valence electrons. The number of hydrogen-bond donors (Lipinski definition) is 0. The van der Waals surface area contributed by atoms with E-state index in [0.717, 1.165) is 22.5 Å². The van der Waals surface area contributed by atoms with Gasteiger partial charge in [-0.3, -0.25) is 4.79 Å². The van der Waals surface area contributed by atoms with Crippen molar-refractivity contribution in [2.75, 3.05) is 13.7 Å². The minimum Gasteiger partial charge on any atom is -0.495 e. The van der Waals surface area contributed by atoms with Gasteiger partial charge in [-0.2, -0.15) is 0 Å². The van der Waals surface area contributed by atoms with E-state index in [9.17, 15) is 9.18 Å². The molecule has 0 spiro atoms. The standard InChI is InChI=1S/C25H26FN3O3/c1-16-13-28(15-27-16)22-10-5-19(11-23(22)31-4)12-24-25(30)29(14-17(2)32-24)18(3)20-6-8-21(26)9-7-20/h5-13,15,17-18H,14H2,1-4H3/t17?,18-/m0/s1. The lowest BCUT2D eigenvalue weighted by Gasteiger charge is -2.37. The van der Waals surface area contributed by atoms with E-state index in [0.29, 0.717) is 12.3 Å². The van der Waals surface area contributed by atoms with Gasteiger partial charge in [0.15, 0.2) is 5.76 Å². The number of halogens is 1. The molecule has 1 saturated heterocycles. The van der Waals surface area contributed by atoms with Crippen molar-refractivity contribution in [3.63, 3.8) is 0 Å². The van der Waals surface area contributed by atoms with E-state index in [-0.39, 0.29) is 29.6 Å². The molecule has 2 aromatic carbocycles. The Bertz CT molecular complexity index is 1150. The lowest BCUT2D eigenvalue weighted by atomic mass is 10.0.